The molecule has 12 rings (SSSR count). The Morgan fingerprint density at radius 3 is 1.47 bits per heavy atom. The monoisotopic (exact) mass is 723 g/mol. The molecule has 266 valence electrons. The van der Waals surface area contributed by atoms with Gasteiger partial charge in [-0.15, -0.1) is 0 Å². The van der Waals surface area contributed by atoms with Crippen LogP contribution in [0.4, 0.5) is 17.1 Å². The quantitative estimate of drug-likeness (QED) is 0.171. The number of anilines is 3. The average molecular weight is 724 g/mol. The fourth-order valence-electron chi connectivity index (χ4n) is 10.5. The van der Waals surface area contributed by atoms with Crippen molar-refractivity contribution in [3.05, 3.63) is 257 Å². The lowest BCUT2D eigenvalue weighted by Gasteiger charge is -2.32. The minimum atomic E-state index is -0.420. The number of nitrogens with zero attached hydrogens (tertiary/aromatic N) is 1. The van der Waals surface area contributed by atoms with Crippen molar-refractivity contribution in [2.45, 2.75) is 11.3 Å². The van der Waals surface area contributed by atoms with Gasteiger partial charge < -0.3 is 4.90 Å². The molecule has 0 unspecified atom stereocenters. The summed E-state index contributed by atoms with van der Waals surface area (Å²) in [6.45, 7) is 0. The Bertz CT molecular complexity index is 2940. The molecule has 0 bridgehead atoms. The van der Waals surface area contributed by atoms with Gasteiger partial charge in [0.2, 0.25) is 0 Å². The van der Waals surface area contributed by atoms with E-state index in [-0.39, 0.29) is 5.92 Å². The molecular weight excluding hydrogens is 687 g/mol. The van der Waals surface area contributed by atoms with E-state index in [4.69, 9.17) is 0 Å². The summed E-state index contributed by atoms with van der Waals surface area (Å²) in [5.74, 6) is 0.150. The molecule has 0 atom stereocenters. The molecule has 0 aromatic heterocycles. The first-order valence-electron chi connectivity index (χ1n) is 20.0. The lowest BCUT2D eigenvalue weighted by Crippen LogP contribution is -2.26. The van der Waals surface area contributed by atoms with Crippen LogP contribution in [0.25, 0.3) is 44.5 Å². The van der Waals surface area contributed by atoms with Gasteiger partial charge in [-0.1, -0.05) is 188 Å². The fourth-order valence-corrected chi connectivity index (χ4v) is 10.5. The third-order valence-electron chi connectivity index (χ3n) is 12.8. The van der Waals surface area contributed by atoms with Gasteiger partial charge >= 0.3 is 0 Å². The van der Waals surface area contributed by atoms with Crippen molar-refractivity contribution in [2.75, 3.05) is 4.90 Å². The summed E-state index contributed by atoms with van der Waals surface area (Å²) < 4.78 is 0. The van der Waals surface area contributed by atoms with Gasteiger partial charge in [0.05, 0.1) is 11.1 Å². The summed E-state index contributed by atoms with van der Waals surface area (Å²) in [4.78, 5) is 2.51. The molecule has 0 heterocycles. The maximum atomic E-state index is 2.51. The average Bonchev–Trinajstić information content (AvgIpc) is 3.90. The molecule has 0 fully saturated rings. The van der Waals surface area contributed by atoms with E-state index in [2.05, 4.69) is 223 Å². The molecule has 9 aromatic carbocycles. The second-order valence-electron chi connectivity index (χ2n) is 15.5. The smallest absolute Gasteiger partial charge is 0.0726 e. The summed E-state index contributed by atoms with van der Waals surface area (Å²) >= 11 is 0. The first-order valence-corrected chi connectivity index (χ1v) is 20.0. The van der Waals surface area contributed by atoms with Crippen molar-refractivity contribution in [3.63, 3.8) is 0 Å². The SMILES string of the molecule is c1ccc(-c2ccc(N(c3cccc(C4c5ccccc5-c5ccccc54)c3)c3cccc4c3-c3ccccc3C43c4ccccc4-c4ccccc43)cc2)cc1. The Morgan fingerprint density at radius 1 is 0.333 bits per heavy atom. The maximum Gasteiger partial charge on any atom is 0.0726 e. The van der Waals surface area contributed by atoms with Gasteiger partial charge in [-0.2, -0.15) is 0 Å². The summed E-state index contributed by atoms with van der Waals surface area (Å²) in [7, 11) is 0. The highest BCUT2D eigenvalue weighted by molar-refractivity contribution is 6.01. The van der Waals surface area contributed by atoms with Crippen LogP contribution in [-0.2, 0) is 5.41 Å². The van der Waals surface area contributed by atoms with Crippen LogP contribution in [0.1, 0.15) is 44.9 Å². The van der Waals surface area contributed by atoms with Crippen molar-refractivity contribution in [1.29, 1.82) is 0 Å². The summed E-state index contributed by atoms with van der Waals surface area (Å²) in [5, 5.41) is 0. The number of fused-ring (bicyclic) bond motifs is 13. The van der Waals surface area contributed by atoms with Crippen LogP contribution in [-0.4, -0.2) is 0 Å². The van der Waals surface area contributed by atoms with Crippen LogP contribution in [0.5, 0.6) is 0 Å². The van der Waals surface area contributed by atoms with Crippen LogP contribution in [0.3, 0.4) is 0 Å². The Hall–Kier alpha value is -7.22. The molecule has 0 aliphatic heterocycles. The molecule has 1 nitrogen and oxygen atoms in total. The Kier molecular flexibility index (Phi) is 6.97. The standard InChI is InChI=1S/C56H37N/c1-2-16-37(17-3-1)38-32-34-40(35-33-38)57(41-19-14-18-39(36-41)54-46-24-6-4-20-42(46)43-21-5-7-25-47(43)54)53-31-15-30-52-55(53)48-26-10-13-29-51(48)56(52)49-27-11-8-22-44(49)45-23-9-12-28-50(45)56/h1-36,54H. The number of rotatable bonds is 5. The van der Waals surface area contributed by atoms with E-state index in [0.717, 1.165) is 11.4 Å². The topological polar surface area (TPSA) is 3.24 Å². The highest BCUT2D eigenvalue weighted by Crippen LogP contribution is 2.64. The number of hydrogen-bond donors (Lipinski definition) is 0. The van der Waals surface area contributed by atoms with Gasteiger partial charge in [-0.05, 0) is 108 Å². The van der Waals surface area contributed by atoms with Crippen molar-refractivity contribution in [2.24, 2.45) is 0 Å². The van der Waals surface area contributed by atoms with Gasteiger partial charge in [0.15, 0.2) is 0 Å². The third kappa shape index (κ3) is 4.51. The highest BCUT2D eigenvalue weighted by atomic mass is 15.1. The maximum absolute atomic E-state index is 2.51. The summed E-state index contributed by atoms with van der Waals surface area (Å²) in [6.07, 6.45) is 0. The zero-order chi connectivity index (χ0) is 37.5. The van der Waals surface area contributed by atoms with Crippen molar-refractivity contribution in [3.8, 4) is 44.5 Å². The molecule has 3 aliphatic carbocycles. The van der Waals surface area contributed by atoms with E-state index in [1.54, 1.807) is 0 Å². The highest BCUT2D eigenvalue weighted by Gasteiger charge is 2.52. The number of hydrogen-bond acceptors (Lipinski definition) is 1. The predicted molar refractivity (Wildman–Crippen MR) is 236 cm³/mol. The van der Waals surface area contributed by atoms with E-state index < -0.39 is 5.41 Å². The number of benzene rings is 9. The van der Waals surface area contributed by atoms with Gasteiger partial charge in [-0.25, -0.2) is 0 Å². The molecule has 1 heteroatoms. The van der Waals surface area contributed by atoms with Crippen molar-refractivity contribution in [1.82, 2.24) is 0 Å². The molecule has 0 amide bonds. The molecule has 1 spiro atoms. The Morgan fingerprint density at radius 2 is 0.825 bits per heavy atom. The fraction of sp³-hybridized carbons (Fsp3) is 0.0357. The van der Waals surface area contributed by atoms with Crippen molar-refractivity contribution < 1.29 is 0 Å². The molecule has 57 heavy (non-hydrogen) atoms. The Balaban J connectivity index is 1.11. The summed E-state index contributed by atoms with van der Waals surface area (Å²) in [6, 6.07) is 81.2. The lowest BCUT2D eigenvalue weighted by atomic mass is 9.70. The molecule has 9 aromatic rings. The molecule has 0 N–H and O–H groups in total. The van der Waals surface area contributed by atoms with E-state index in [1.807, 2.05) is 0 Å². The first-order chi connectivity index (χ1) is 28.3. The molecule has 0 saturated carbocycles. The van der Waals surface area contributed by atoms with Crippen LogP contribution in [0.2, 0.25) is 0 Å². The van der Waals surface area contributed by atoms with Crippen molar-refractivity contribution >= 4 is 17.1 Å². The lowest BCUT2D eigenvalue weighted by molar-refractivity contribution is 0.794. The second kappa shape index (κ2) is 12.4. The van der Waals surface area contributed by atoms with Crippen LogP contribution in [0.15, 0.2) is 218 Å². The van der Waals surface area contributed by atoms with Gasteiger partial charge in [0.25, 0.3) is 0 Å². The predicted octanol–water partition coefficient (Wildman–Crippen LogP) is 14.3. The largest absolute Gasteiger partial charge is 0.310 e. The Labute approximate surface area is 333 Å². The molecule has 0 radical (unpaired) electrons. The minimum absolute atomic E-state index is 0.150. The molecule has 3 aliphatic rings. The van der Waals surface area contributed by atoms with Gasteiger partial charge in [0.1, 0.15) is 0 Å². The normalized spacial score (nSPS) is 13.7. The third-order valence-corrected chi connectivity index (χ3v) is 12.8. The van der Waals surface area contributed by atoms with Gasteiger partial charge in [0, 0.05) is 22.9 Å². The zero-order valence-corrected chi connectivity index (χ0v) is 31.3. The van der Waals surface area contributed by atoms with Crippen LogP contribution < -0.4 is 4.90 Å². The molecular formula is C56H37N. The molecule has 0 saturated heterocycles. The van der Waals surface area contributed by atoms with E-state index >= 15 is 0 Å². The first kappa shape index (κ1) is 32.1. The van der Waals surface area contributed by atoms with E-state index in [1.165, 1.54) is 89.1 Å². The zero-order valence-electron chi connectivity index (χ0n) is 31.3. The van der Waals surface area contributed by atoms with Gasteiger partial charge in [-0.3, -0.25) is 0 Å². The second-order valence-corrected chi connectivity index (χ2v) is 15.5. The summed E-state index contributed by atoms with van der Waals surface area (Å²) in [5.41, 5.74) is 22.7. The van der Waals surface area contributed by atoms with Crippen LogP contribution >= 0.6 is 0 Å². The van der Waals surface area contributed by atoms with E-state index in [0.29, 0.717) is 0 Å². The minimum Gasteiger partial charge on any atom is -0.310 e. The van der Waals surface area contributed by atoms with Crippen LogP contribution in [0, 0.1) is 0 Å². The van der Waals surface area contributed by atoms with E-state index in [9.17, 15) is 0 Å².